The van der Waals surface area contributed by atoms with E-state index in [9.17, 15) is 9.59 Å². The standard InChI is InChI=1S/C10H11NO3/c1-6-7(5-12)3-8(11)4-9(6)10(13)14-2/h3-5H,11H2,1-2H3. The normalized spacial score (nSPS) is 9.57. The fourth-order valence-corrected chi connectivity index (χ4v) is 1.20. The van der Waals surface area contributed by atoms with E-state index in [-0.39, 0.29) is 0 Å². The van der Waals surface area contributed by atoms with Crippen LogP contribution in [0.1, 0.15) is 26.3 Å². The minimum absolute atomic E-state index is 0.328. The van der Waals surface area contributed by atoms with Crippen LogP contribution in [0.4, 0.5) is 5.69 Å². The minimum atomic E-state index is -0.488. The highest BCUT2D eigenvalue weighted by atomic mass is 16.5. The number of anilines is 1. The molecule has 0 saturated heterocycles. The molecular formula is C10H11NO3. The van der Waals surface area contributed by atoms with Crippen molar-refractivity contribution in [2.45, 2.75) is 6.92 Å². The summed E-state index contributed by atoms with van der Waals surface area (Å²) in [6, 6.07) is 3.02. The largest absolute Gasteiger partial charge is 0.465 e. The van der Waals surface area contributed by atoms with Crippen molar-refractivity contribution in [1.82, 2.24) is 0 Å². The number of esters is 1. The minimum Gasteiger partial charge on any atom is -0.465 e. The number of carbonyl (C=O) groups excluding carboxylic acids is 2. The predicted octanol–water partition coefficient (Wildman–Crippen LogP) is 1.18. The molecule has 0 bridgehead atoms. The molecule has 1 aromatic carbocycles. The van der Waals surface area contributed by atoms with Gasteiger partial charge in [-0.15, -0.1) is 0 Å². The molecule has 0 atom stereocenters. The maximum absolute atomic E-state index is 11.3. The highest BCUT2D eigenvalue weighted by molar-refractivity contribution is 5.95. The van der Waals surface area contributed by atoms with E-state index in [1.807, 2.05) is 0 Å². The molecule has 74 valence electrons. The van der Waals surface area contributed by atoms with E-state index in [4.69, 9.17) is 5.73 Å². The number of nitrogens with two attached hydrogens (primary N) is 1. The second-order valence-corrected chi connectivity index (χ2v) is 2.89. The molecule has 0 aliphatic rings. The quantitative estimate of drug-likeness (QED) is 0.435. The Labute approximate surface area is 81.7 Å². The van der Waals surface area contributed by atoms with E-state index >= 15 is 0 Å². The lowest BCUT2D eigenvalue weighted by Crippen LogP contribution is -2.07. The maximum Gasteiger partial charge on any atom is 0.338 e. The van der Waals surface area contributed by atoms with Crippen LogP contribution in [0.2, 0.25) is 0 Å². The van der Waals surface area contributed by atoms with Gasteiger partial charge in [-0.2, -0.15) is 0 Å². The molecule has 0 aromatic heterocycles. The third kappa shape index (κ3) is 1.74. The summed E-state index contributed by atoms with van der Waals surface area (Å²) in [6.45, 7) is 1.68. The average Bonchev–Trinajstić information content (AvgIpc) is 2.19. The molecule has 0 aliphatic heterocycles. The lowest BCUT2D eigenvalue weighted by Gasteiger charge is -2.07. The summed E-state index contributed by atoms with van der Waals surface area (Å²) in [4.78, 5) is 21.9. The van der Waals surface area contributed by atoms with Crippen LogP contribution in [0.25, 0.3) is 0 Å². The van der Waals surface area contributed by atoms with Gasteiger partial charge in [0.25, 0.3) is 0 Å². The van der Waals surface area contributed by atoms with Crippen molar-refractivity contribution >= 4 is 17.9 Å². The van der Waals surface area contributed by atoms with Gasteiger partial charge < -0.3 is 10.5 Å². The number of carbonyl (C=O) groups is 2. The third-order valence-corrected chi connectivity index (χ3v) is 2.00. The number of rotatable bonds is 2. The van der Waals surface area contributed by atoms with Gasteiger partial charge in [-0.1, -0.05) is 0 Å². The average molecular weight is 193 g/mol. The lowest BCUT2D eigenvalue weighted by molar-refractivity contribution is 0.0600. The van der Waals surface area contributed by atoms with Crippen molar-refractivity contribution in [3.63, 3.8) is 0 Å². The Hall–Kier alpha value is -1.84. The zero-order valence-corrected chi connectivity index (χ0v) is 8.03. The summed E-state index contributed by atoms with van der Waals surface area (Å²) in [5, 5.41) is 0. The predicted molar refractivity (Wildman–Crippen MR) is 52.3 cm³/mol. The fraction of sp³-hybridized carbons (Fsp3) is 0.200. The SMILES string of the molecule is COC(=O)c1cc(N)cc(C=O)c1C. The summed E-state index contributed by atoms with van der Waals surface area (Å²) in [6.07, 6.45) is 0.665. The fourth-order valence-electron chi connectivity index (χ4n) is 1.20. The zero-order chi connectivity index (χ0) is 10.7. The Morgan fingerprint density at radius 1 is 1.50 bits per heavy atom. The Kier molecular flexibility index (Phi) is 2.86. The van der Waals surface area contributed by atoms with Crippen molar-refractivity contribution in [1.29, 1.82) is 0 Å². The number of nitrogen functional groups attached to an aromatic ring is 1. The Bertz CT molecular complexity index is 385. The van der Waals surface area contributed by atoms with Gasteiger partial charge in [-0.3, -0.25) is 4.79 Å². The first kappa shape index (κ1) is 10.2. The monoisotopic (exact) mass is 193 g/mol. The van der Waals surface area contributed by atoms with E-state index in [1.165, 1.54) is 19.2 Å². The van der Waals surface area contributed by atoms with Crippen LogP contribution in [0.15, 0.2) is 12.1 Å². The van der Waals surface area contributed by atoms with Gasteiger partial charge in [-0.05, 0) is 24.6 Å². The smallest absolute Gasteiger partial charge is 0.338 e. The second-order valence-electron chi connectivity index (χ2n) is 2.89. The summed E-state index contributed by atoms with van der Waals surface area (Å²) >= 11 is 0. The van der Waals surface area contributed by atoms with E-state index in [0.717, 1.165) is 0 Å². The summed E-state index contributed by atoms with van der Waals surface area (Å²) in [7, 11) is 1.28. The van der Waals surface area contributed by atoms with Crippen molar-refractivity contribution < 1.29 is 14.3 Å². The molecule has 1 rings (SSSR count). The highest BCUT2D eigenvalue weighted by Gasteiger charge is 2.12. The van der Waals surface area contributed by atoms with E-state index in [2.05, 4.69) is 4.74 Å². The summed E-state index contributed by atoms with van der Waals surface area (Å²) in [5.41, 5.74) is 7.22. The molecule has 0 spiro atoms. The van der Waals surface area contributed by atoms with Crippen LogP contribution in [-0.4, -0.2) is 19.4 Å². The first-order valence-corrected chi connectivity index (χ1v) is 4.03. The second kappa shape index (κ2) is 3.91. The number of hydrogen-bond acceptors (Lipinski definition) is 4. The molecule has 0 radical (unpaired) electrons. The van der Waals surface area contributed by atoms with Gasteiger partial charge in [-0.25, -0.2) is 4.79 Å². The Morgan fingerprint density at radius 2 is 2.14 bits per heavy atom. The molecule has 4 heteroatoms. The van der Waals surface area contributed by atoms with Gasteiger partial charge in [0.05, 0.1) is 12.7 Å². The lowest BCUT2D eigenvalue weighted by atomic mass is 10.0. The first-order chi connectivity index (χ1) is 6.60. The van der Waals surface area contributed by atoms with E-state index in [0.29, 0.717) is 28.7 Å². The number of methoxy groups -OCH3 is 1. The van der Waals surface area contributed by atoms with Gasteiger partial charge in [0.2, 0.25) is 0 Å². The van der Waals surface area contributed by atoms with Crippen molar-refractivity contribution in [2.75, 3.05) is 12.8 Å². The number of aldehydes is 1. The first-order valence-electron chi connectivity index (χ1n) is 4.03. The number of ether oxygens (including phenoxy) is 1. The van der Waals surface area contributed by atoms with Crippen LogP contribution in [-0.2, 0) is 4.74 Å². The van der Waals surface area contributed by atoms with Crippen molar-refractivity contribution in [3.05, 3.63) is 28.8 Å². The molecule has 1 aromatic rings. The van der Waals surface area contributed by atoms with E-state index in [1.54, 1.807) is 6.92 Å². The van der Waals surface area contributed by atoms with Crippen molar-refractivity contribution in [2.24, 2.45) is 0 Å². The van der Waals surface area contributed by atoms with Gasteiger partial charge >= 0.3 is 5.97 Å². The topological polar surface area (TPSA) is 69.4 Å². The van der Waals surface area contributed by atoms with Gasteiger partial charge in [0.15, 0.2) is 0 Å². The number of benzene rings is 1. The Balaban J connectivity index is 3.36. The van der Waals surface area contributed by atoms with E-state index < -0.39 is 5.97 Å². The zero-order valence-electron chi connectivity index (χ0n) is 8.03. The van der Waals surface area contributed by atoms with Crippen molar-refractivity contribution in [3.8, 4) is 0 Å². The summed E-state index contributed by atoms with van der Waals surface area (Å²) in [5.74, 6) is -0.488. The van der Waals surface area contributed by atoms with Crippen LogP contribution in [0, 0.1) is 6.92 Å². The molecule has 0 saturated carbocycles. The molecule has 4 nitrogen and oxygen atoms in total. The highest BCUT2D eigenvalue weighted by Crippen LogP contribution is 2.17. The molecular weight excluding hydrogens is 182 g/mol. The molecule has 2 N–H and O–H groups in total. The molecule has 0 aliphatic carbocycles. The molecule has 14 heavy (non-hydrogen) atoms. The maximum atomic E-state index is 11.3. The molecule has 0 unspecified atom stereocenters. The van der Waals surface area contributed by atoms with Gasteiger partial charge in [0, 0.05) is 11.3 Å². The van der Waals surface area contributed by atoms with Crippen LogP contribution in [0.3, 0.4) is 0 Å². The van der Waals surface area contributed by atoms with Crippen LogP contribution < -0.4 is 5.73 Å². The number of hydrogen-bond donors (Lipinski definition) is 1. The summed E-state index contributed by atoms with van der Waals surface area (Å²) < 4.78 is 4.56. The third-order valence-electron chi connectivity index (χ3n) is 2.00. The Morgan fingerprint density at radius 3 is 2.64 bits per heavy atom. The van der Waals surface area contributed by atoms with Crippen LogP contribution in [0.5, 0.6) is 0 Å². The molecule has 0 fully saturated rings. The molecule has 0 heterocycles. The molecule has 0 amide bonds. The van der Waals surface area contributed by atoms with Crippen LogP contribution >= 0.6 is 0 Å². The van der Waals surface area contributed by atoms with Gasteiger partial charge in [0.1, 0.15) is 6.29 Å².